The molecule has 0 aliphatic rings. The van der Waals surface area contributed by atoms with Crippen molar-refractivity contribution in [1.29, 1.82) is 0 Å². The number of sulfonamides is 1. The van der Waals surface area contributed by atoms with Crippen molar-refractivity contribution in [2.45, 2.75) is 44.2 Å². The van der Waals surface area contributed by atoms with Crippen molar-refractivity contribution in [3.63, 3.8) is 0 Å². The SMILES string of the molecule is CC(NNC(=O)OC(C)(C)C)c1cccc(S(N)(=O)=O)c1. The first-order valence-corrected chi connectivity index (χ1v) is 7.91. The molecule has 21 heavy (non-hydrogen) atoms. The molecule has 1 rings (SSSR count). The van der Waals surface area contributed by atoms with Gasteiger partial charge in [-0.1, -0.05) is 12.1 Å². The summed E-state index contributed by atoms with van der Waals surface area (Å²) in [4.78, 5) is 11.5. The van der Waals surface area contributed by atoms with Gasteiger partial charge in [-0.15, -0.1) is 0 Å². The number of ether oxygens (including phenoxy) is 1. The summed E-state index contributed by atoms with van der Waals surface area (Å²) in [6, 6.07) is 5.85. The lowest BCUT2D eigenvalue weighted by Gasteiger charge is -2.21. The minimum atomic E-state index is -3.75. The molecule has 118 valence electrons. The van der Waals surface area contributed by atoms with Crippen molar-refractivity contribution >= 4 is 16.1 Å². The van der Waals surface area contributed by atoms with Crippen LogP contribution >= 0.6 is 0 Å². The molecule has 0 spiro atoms. The number of hydrogen-bond donors (Lipinski definition) is 3. The van der Waals surface area contributed by atoms with Gasteiger partial charge in [-0.3, -0.25) is 5.43 Å². The molecule has 0 saturated heterocycles. The van der Waals surface area contributed by atoms with Crippen LogP contribution in [0.5, 0.6) is 0 Å². The van der Waals surface area contributed by atoms with Crippen LogP contribution in [-0.2, 0) is 14.8 Å². The van der Waals surface area contributed by atoms with E-state index in [0.29, 0.717) is 5.56 Å². The van der Waals surface area contributed by atoms with Crippen LogP contribution in [0, 0.1) is 0 Å². The number of primary sulfonamides is 1. The van der Waals surface area contributed by atoms with E-state index >= 15 is 0 Å². The van der Waals surface area contributed by atoms with E-state index in [2.05, 4.69) is 10.9 Å². The van der Waals surface area contributed by atoms with Gasteiger partial charge in [0.1, 0.15) is 5.60 Å². The molecule has 8 heteroatoms. The number of nitrogens with one attached hydrogen (secondary N) is 2. The van der Waals surface area contributed by atoms with E-state index in [1.54, 1.807) is 39.8 Å². The molecule has 0 saturated carbocycles. The highest BCUT2D eigenvalue weighted by Gasteiger charge is 2.17. The van der Waals surface area contributed by atoms with Gasteiger partial charge in [-0.25, -0.2) is 23.8 Å². The summed E-state index contributed by atoms with van der Waals surface area (Å²) < 4.78 is 27.7. The summed E-state index contributed by atoms with van der Waals surface area (Å²) in [5.74, 6) is 0. The van der Waals surface area contributed by atoms with Crippen LogP contribution < -0.4 is 16.0 Å². The predicted octanol–water partition coefficient (Wildman–Crippen LogP) is 1.42. The van der Waals surface area contributed by atoms with E-state index in [-0.39, 0.29) is 10.9 Å². The topological polar surface area (TPSA) is 111 Å². The van der Waals surface area contributed by atoms with Gasteiger partial charge >= 0.3 is 6.09 Å². The van der Waals surface area contributed by atoms with Crippen molar-refractivity contribution in [2.75, 3.05) is 0 Å². The Bertz CT molecular complexity index is 608. The van der Waals surface area contributed by atoms with E-state index in [1.807, 2.05) is 0 Å². The Morgan fingerprint density at radius 2 is 1.95 bits per heavy atom. The van der Waals surface area contributed by atoms with Crippen LogP contribution in [0.1, 0.15) is 39.3 Å². The first kappa shape index (κ1) is 17.4. The first-order chi connectivity index (χ1) is 9.49. The lowest BCUT2D eigenvalue weighted by Crippen LogP contribution is -2.42. The van der Waals surface area contributed by atoms with Crippen LogP contribution in [0.15, 0.2) is 29.2 Å². The first-order valence-electron chi connectivity index (χ1n) is 6.36. The average Bonchev–Trinajstić information content (AvgIpc) is 2.33. The third kappa shape index (κ3) is 6.11. The van der Waals surface area contributed by atoms with Gasteiger partial charge in [0.15, 0.2) is 0 Å². The molecular weight excluding hydrogens is 294 g/mol. The molecule has 4 N–H and O–H groups in total. The highest BCUT2D eigenvalue weighted by atomic mass is 32.2. The van der Waals surface area contributed by atoms with Crippen molar-refractivity contribution in [2.24, 2.45) is 5.14 Å². The second kappa shape index (κ2) is 6.42. The molecule has 1 unspecified atom stereocenters. The standard InChI is InChI=1S/C13H21N3O4S/c1-9(15-16-12(17)20-13(2,3)4)10-6-5-7-11(8-10)21(14,18)19/h5-9,15H,1-4H3,(H,16,17)(H2,14,18,19). The summed E-state index contributed by atoms with van der Waals surface area (Å²) in [6.07, 6.45) is -0.614. The zero-order valence-corrected chi connectivity index (χ0v) is 13.3. The number of rotatable bonds is 4. The summed E-state index contributed by atoms with van der Waals surface area (Å²) in [5.41, 5.74) is 5.21. The summed E-state index contributed by atoms with van der Waals surface area (Å²) in [6.45, 7) is 7.03. The quantitative estimate of drug-likeness (QED) is 0.728. The molecule has 0 bridgehead atoms. The molecular formula is C13H21N3O4S. The Morgan fingerprint density at radius 1 is 1.33 bits per heavy atom. The van der Waals surface area contributed by atoms with Gasteiger partial charge in [0.25, 0.3) is 0 Å². The predicted molar refractivity (Wildman–Crippen MR) is 78.7 cm³/mol. The van der Waals surface area contributed by atoms with Crippen molar-refractivity contribution < 1.29 is 17.9 Å². The zero-order valence-electron chi connectivity index (χ0n) is 12.5. The third-order valence-corrected chi connectivity index (χ3v) is 3.39. The maximum absolute atomic E-state index is 11.5. The monoisotopic (exact) mass is 315 g/mol. The van der Waals surface area contributed by atoms with Gasteiger partial charge in [-0.2, -0.15) is 0 Å². The van der Waals surface area contributed by atoms with Gasteiger partial charge in [-0.05, 0) is 45.4 Å². The maximum atomic E-state index is 11.5. The molecule has 7 nitrogen and oxygen atoms in total. The van der Waals surface area contributed by atoms with Crippen molar-refractivity contribution in [1.82, 2.24) is 10.9 Å². The molecule has 0 aliphatic heterocycles. The van der Waals surface area contributed by atoms with Crippen molar-refractivity contribution in [3.8, 4) is 0 Å². The van der Waals surface area contributed by atoms with Crippen LogP contribution in [0.4, 0.5) is 4.79 Å². The van der Waals surface area contributed by atoms with Crippen LogP contribution in [-0.4, -0.2) is 20.1 Å². The molecule has 0 heterocycles. The van der Waals surface area contributed by atoms with Crippen LogP contribution in [0.2, 0.25) is 0 Å². The van der Waals surface area contributed by atoms with E-state index < -0.39 is 21.7 Å². The van der Waals surface area contributed by atoms with Gasteiger partial charge in [0.2, 0.25) is 10.0 Å². The van der Waals surface area contributed by atoms with Crippen LogP contribution in [0.3, 0.4) is 0 Å². The molecule has 1 aromatic carbocycles. The van der Waals surface area contributed by atoms with E-state index in [0.717, 1.165) is 0 Å². The smallest absolute Gasteiger partial charge is 0.422 e. The maximum Gasteiger partial charge on any atom is 0.422 e. The second-order valence-corrected chi connectivity index (χ2v) is 7.17. The number of hydrogen-bond acceptors (Lipinski definition) is 5. The van der Waals surface area contributed by atoms with Crippen molar-refractivity contribution in [3.05, 3.63) is 29.8 Å². The fourth-order valence-corrected chi connectivity index (χ4v) is 2.08. The Labute approximate surface area is 124 Å². The fraction of sp³-hybridized carbons (Fsp3) is 0.462. The zero-order chi connectivity index (χ0) is 16.3. The highest BCUT2D eigenvalue weighted by Crippen LogP contribution is 2.16. The van der Waals surface area contributed by atoms with E-state index in [1.165, 1.54) is 12.1 Å². The lowest BCUT2D eigenvalue weighted by molar-refractivity contribution is 0.0489. The Kier molecular flexibility index (Phi) is 5.32. The summed E-state index contributed by atoms with van der Waals surface area (Å²) >= 11 is 0. The summed E-state index contributed by atoms with van der Waals surface area (Å²) in [7, 11) is -3.75. The second-order valence-electron chi connectivity index (χ2n) is 5.61. The number of carbonyl (C=O) groups excluding carboxylic acids is 1. The largest absolute Gasteiger partial charge is 0.443 e. The number of amides is 1. The molecule has 0 radical (unpaired) electrons. The van der Waals surface area contributed by atoms with Gasteiger partial charge in [0, 0.05) is 6.04 Å². The molecule has 0 aromatic heterocycles. The number of nitrogens with two attached hydrogens (primary N) is 1. The Morgan fingerprint density at radius 3 is 2.48 bits per heavy atom. The third-order valence-electron chi connectivity index (χ3n) is 2.48. The number of carbonyl (C=O) groups is 1. The minimum Gasteiger partial charge on any atom is -0.443 e. The molecule has 1 aromatic rings. The Hall–Kier alpha value is -1.64. The Balaban J connectivity index is 2.69. The summed E-state index contributed by atoms with van der Waals surface area (Å²) in [5, 5.41) is 5.08. The molecule has 1 atom stereocenters. The fourth-order valence-electron chi connectivity index (χ4n) is 1.51. The normalized spacial score (nSPS) is 13.6. The molecule has 0 aliphatic carbocycles. The van der Waals surface area contributed by atoms with Crippen LogP contribution in [0.25, 0.3) is 0 Å². The average molecular weight is 315 g/mol. The highest BCUT2D eigenvalue weighted by molar-refractivity contribution is 7.89. The molecule has 1 amide bonds. The molecule has 0 fully saturated rings. The van der Waals surface area contributed by atoms with Gasteiger partial charge < -0.3 is 4.74 Å². The minimum absolute atomic E-state index is 0.0194. The number of benzene rings is 1. The number of hydrazine groups is 1. The van der Waals surface area contributed by atoms with E-state index in [4.69, 9.17) is 9.88 Å². The van der Waals surface area contributed by atoms with Gasteiger partial charge in [0.05, 0.1) is 4.90 Å². The van der Waals surface area contributed by atoms with E-state index in [9.17, 15) is 13.2 Å². The lowest BCUT2D eigenvalue weighted by atomic mass is 10.1.